The zero-order chi connectivity index (χ0) is 15.4. The largest absolute Gasteiger partial charge is 0.455 e. The van der Waals surface area contributed by atoms with Gasteiger partial charge in [-0.2, -0.15) is 0 Å². The number of hydrogen-bond donors (Lipinski definition) is 1. The van der Waals surface area contributed by atoms with Gasteiger partial charge in [0.15, 0.2) is 0 Å². The Morgan fingerprint density at radius 1 is 1.29 bits per heavy atom. The van der Waals surface area contributed by atoms with Crippen molar-refractivity contribution in [2.24, 2.45) is 0 Å². The predicted molar refractivity (Wildman–Crippen MR) is 77.3 cm³/mol. The quantitative estimate of drug-likeness (QED) is 0.672. The number of hydrogen-bond acceptors (Lipinski definition) is 4. The number of nitro benzene ring substituents is 1. The third-order valence-corrected chi connectivity index (χ3v) is 3.03. The molecule has 0 aromatic heterocycles. The van der Waals surface area contributed by atoms with Crippen LogP contribution in [0.25, 0.3) is 0 Å². The minimum Gasteiger partial charge on any atom is -0.455 e. The fourth-order valence-electron chi connectivity index (χ4n) is 1.78. The Morgan fingerprint density at radius 3 is 2.62 bits per heavy atom. The topological polar surface area (TPSA) is 64.4 Å². The minimum absolute atomic E-state index is 0.115. The lowest BCUT2D eigenvalue weighted by atomic mass is 10.2. The molecule has 0 unspecified atom stereocenters. The van der Waals surface area contributed by atoms with Gasteiger partial charge in [-0.1, -0.05) is 11.6 Å². The second-order valence-electron chi connectivity index (χ2n) is 4.26. The number of ether oxygens (including phenoxy) is 1. The number of nitrogens with zero attached hydrogens (tertiary/aromatic N) is 1. The van der Waals surface area contributed by atoms with Gasteiger partial charge in [0.05, 0.1) is 9.95 Å². The molecule has 2 rings (SSSR count). The summed E-state index contributed by atoms with van der Waals surface area (Å²) in [5.41, 5.74) is 0.494. The van der Waals surface area contributed by atoms with Crippen molar-refractivity contribution >= 4 is 17.3 Å². The first-order chi connectivity index (χ1) is 10.0. The normalized spacial score (nSPS) is 10.4. The van der Waals surface area contributed by atoms with Crippen LogP contribution in [0.1, 0.15) is 5.56 Å². The molecule has 0 heterocycles. The van der Waals surface area contributed by atoms with Crippen LogP contribution in [0.2, 0.25) is 5.02 Å². The van der Waals surface area contributed by atoms with Crippen molar-refractivity contribution in [1.29, 1.82) is 0 Å². The Kier molecular flexibility index (Phi) is 4.72. The van der Waals surface area contributed by atoms with E-state index >= 15 is 0 Å². The van der Waals surface area contributed by atoms with E-state index < -0.39 is 4.92 Å². The molecule has 0 bridgehead atoms. The van der Waals surface area contributed by atoms with Gasteiger partial charge in [0.1, 0.15) is 17.3 Å². The van der Waals surface area contributed by atoms with Crippen LogP contribution in [0, 0.1) is 15.9 Å². The smallest absolute Gasteiger partial charge is 0.271 e. The summed E-state index contributed by atoms with van der Waals surface area (Å²) in [7, 11) is 1.73. The van der Waals surface area contributed by atoms with E-state index in [1.807, 2.05) is 0 Å². The number of rotatable bonds is 5. The fraction of sp³-hybridized carbons (Fsp3) is 0.143. The van der Waals surface area contributed by atoms with Gasteiger partial charge in [0, 0.05) is 24.2 Å². The summed E-state index contributed by atoms with van der Waals surface area (Å²) in [5, 5.41) is 13.7. The minimum atomic E-state index is -0.542. The molecule has 0 aliphatic heterocycles. The highest BCUT2D eigenvalue weighted by atomic mass is 35.5. The molecule has 2 aromatic carbocycles. The summed E-state index contributed by atoms with van der Waals surface area (Å²) >= 11 is 5.96. The van der Waals surface area contributed by atoms with Crippen molar-refractivity contribution in [1.82, 2.24) is 5.32 Å². The lowest BCUT2D eigenvalue weighted by molar-refractivity contribution is -0.384. The van der Waals surface area contributed by atoms with Crippen molar-refractivity contribution in [3.05, 3.63) is 62.9 Å². The summed E-state index contributed by atoms with van der Waals surface area (Å²) in [6.45, 7) is 0.414. The average Bonchev–Trinajstić information content (AvgIpc) is 2.43. The number of nitrogens with one attached hydrogen (secondary N) is 1. The standard InChI is InChI=1S/C14H12ClFN2O3/c1-17-8-9-6-10(16)2-4-13(9)21-14-5-3-11(18(19)20)7-12(14)15/h2-7,17H,8H2,1H3. The highest BCUT2D eigenvalue weighted by molar-refractivity contribution is 6.32. The maximum Gasteiger partial charge on any atom is 0.271 e. The van der Waals surface area contributed by atoms with Crippen molar-refractivity contribution in [3.8, 4) is 11.5 Å². The molecule has 1 N–H and O–H groups in total. The zero-order valence-corrected chi connectivity index (χ0v) is 11.9. The van der Waals surface area contributed by atoms with E-state index in [2.05, 4.69) is 5.32 Å². The van der Waals surface area contributed by atoms with E-state index in [4.69, 9.17) is 16.3 Å². The Hall–Kier alpha value is -2.18. The van der Waals surface area contributed by atoms with Gasteiger partial charge in [-0.05, 0) is 31.3 Å². The maximum absolute atomic E-state index is 13.2. The van der Waals surface area contributed by atoms with E-state index in [0.29, 0.717) is 17.9 Å². The van der Waals surface area contributed by atoms with Crippen LogP contribution >= 0.6 is 11.6 Å². The van der Waals surface area contributed by atoms with E-state index in [1.54, 1.807) is 7.05 Å². The van der Waals surface area contributed by atoms with Gasteiger partial charge in [0.2, 0.25) is 0 Å². The van der Waals surface area contributed by atoms with Crippen molar-refractivity contribution < 1.29 is 14.1 Å². The molecule has 0 saturated carbocycles. The lowest BCUT2D eigenvalue weighted by Crippen LogP contribution is -2.06. The van der Waals surface area contributed by atoms with E-state index in [-0.39, 0.29) is 22.3 Å². The van der Waals surface area contributed by atoms with E-state index in [1.165, 1.54) is 36.4 Å². The molecule has 110 valence electrons. The summed E-state index contributed by atoms with van der Waals surface area (Å²) in [5.74, 6) is 0.329. The molecule has 0 radical (unpaired) electrons. The molecule has 2 aromatic rings. The molecule has 0 aliphatic rings. The predicted octanol–water partition coefficient (Wildman–Crippen LogP) is 3.90. The first kappa shape index (κ1) is 15.2. The SMILES string of the molecule is CNCc1cc(F)ccc1Oc1ccc([N+](=O)[O-])cc1Cl. The molecular weight excluding hydrogens is 299 g/mol. The lowest BCUT2D eigenvalue weighted by Gasteiger charge is -2.12. The summed E-state index contributed by atoms with van der Waals surface area (Å²) in [4.78, 5) is 10.1. The average molecular weight is 311 g/mol. The Bertz CT molecular complexity index is 679. The molecule has 0 fully saturated rings. The van der Waals surface area contributed by atoms with Crippen molar-refractivity contribution in [2.75, 3.05) is 7.05 Å². The number of nitro groups is 1. The Balaban J connectivity index is 2.32. The molecule has 0 aliphatic carbocycles. The van der Waals surface area contributed by atoms with Gasteiger partial charge in [0.25, 0.3) is 5.69 Å². The van der Waals surface area contributed by atoms with Crippen LogP contribution in [-0.2, 0) is 6.54 Å². The number of non-ortho nitro benzene ring substituents is 1. The highest BCUT2D eigenvalue weighted by Crippen LogP contribution is 2.33. The van der Waals surface area contributed by atoms with Gasteiger partial charge in [-0.15, -0.1) is 0 Å². The van der Waals surface area contributed by atoms with Crippen LogP contribution < -0.4 is 10.1 Å². The van der Waals surface area contributed by atoms with Crippen LogP contribution in [-0.4, -0.2) is 12.0 Å². The monoisotopic (exact) mass is 310 g/mol. The molecule has 5 nitrogen and oxygen atoms in total. The van der Waals surface area contributed by atoms with Gasteiger partial charge < -0.3 is 10.1 Å². The summed E-state index contributed by atoms with van der Waals surface area (Å²) in [6, 6.07) is 8.02. The van der Waals surface area contributed by atoms with Crippen LogP contribution in [0.15, 0.2) is 36.4 Å². The molecule has 0 saturated heterocycles. The summed E-state index contributed by atoms with van der Waals surface area (Å²) < 4.78 is 18.9. The number of benzene rings is 2. The van der Waals surface area contributed by atoms with Crippen molar-refractivity contribution in [2.45, 2.75) is 6.54 Å². The van der Waals surface area contributed by atoms with Gasteiger partial charge >= 0.3 is 0 Å². The molecule has 7 heteroatoms. The molecule has 0 atom stereocenters. The Morgan fingerprint density at radius 2 is 2.00 bits per heavy atom. The molecule has 0 spiro atoms. The fourth-order valence-corrected chi connectivity index (χ4v) is 1.99. The maximum atomic E-state index is 13.2. The molecular formula is C14H12ClFN2O3. The highest BCUT2D eigenvalue weighted by Gasteiger charge is 2.13. The molecule has 0 amide bonds. The third kappa shape index (κ3) is 3.68. The Labute approximate surface area is 125 Å². The first-order valence-corrected chi connectivity index (χ1v) is 6.44. The first-order valence-electron chi connectivity index (χ1n) is 6.06. The van der Waals surface area contributed by atoms with E-state index in [0.717, 1.165) is 0 Å². The second-order valence-corrected chi connectivity index (χ2v) is 4.66. The van der Waals surface area contributed by atoms with Crippen LogP contribution in [0.3, 0.4) is 0 Å². The zero-order valence-electron chi connectivity index (χ0n) is 11.1. The second kappa shape index (κ2) is 6.51. The number of halogens is 2. The summed E-state index contributed by atoms with van der Waals surface area (Å²) in [6.07, 6.45) is 0. The van der Waals surface area contributed by atoms with Crippen molar-refractivity contribution in [3.63, 3.8) is 0 Å². The molecule has 21 heavy (non-hydrogen) atoms. The van der Waals surface area contributed by atoms with E-state index in [9.17, 15) is 14.5 Å². The van der Waals surface area contributed by atoms with Crippen LogP contribution in [0.5, 0.6) is 11.5 Å². The third-order valence-electron chi connectivity index (χ3n) is 2.74. The van der Waals surface area contributed by atoms with Crippen LogP contribution in [0.4, 0.5) is 10.1 Å². The van der Waals surface area contributed by atoms with Gasteiger partial charge in [-0.3, -0.25) is 10.1 Å². The van der Waals surface area contributed by atoms with Gasteiger partial charge in [-0.25, -0.2) is 4.39 Å².